The number of nitrogens with zero attached hydrogens (tertiary/aromatic N) is 3. The van der Waals surface area contributed by atoms with Crippen molar-refractivity contribution in [2.45, 2.75) is 27.7 Å². The zero-order valence-corrected chi connectivity index (χ0v) is 34.9. The third-order valence-electron chi connectivity index (χ3n) is 9.15. The summed E-state index contributed by atoms with van der Waals surface area (Å²) in [5.74, 6) is -2.67. The van der Waals surface area contributed by atoms with E-state index in [-0.39, 0.29) is 64.2 Å². The Kier molecular flexibility index (Phi) is 16.7. The summed E-state index contributed by atoms with van der Waals surface area (Å²) in [5.41, 5.74) is 5.20. The normalized spacial score (nSPS) is 10.5. The fourth-order valence-corrected chi connectivity index (χ4v) is 5.50. The van der Waals surface area contributed by atoms with Crippen LogP contribution in [0.1, 0.15) is 63.7 Å². The van der Waals surface area contributed by atoms with Gasteiger partial charge < -0.3 is 38.2 Å². The number of carbonyl (C=O) groups is 6. The molecule has 0 aliphatic rings. The van der Waals surface area contributed by atoms with Gasteiger partial charge in [0.1, 0.15) is 32.2 Å². The van der Waals surface area contributed by atoms with Gasteiger partial charge in [-0.25, -0.2) is 33.8 Å². The van der Waals surface area contributed by atoms with E-state index >= 15 is 0 Å². The Morgan fingerprint density at radius 1 is 0.419 bits per heavy atom. The number of hydrogen-bond donors (Lipinski definition) is 0. The van der Waals surface area contributed by atoms with Crippen molar-refractivity contribution in [1.82, 2.24) is 14.8 Å². The number of benzene rings is 4. The molecule has 0 N–H and O–H groups in total. The highest BCUT2D eigenvalue weighted by molar-refractivity contribution is 5.91. The summed E-state index contributed by atoms with van der Waals surface area (Å²) < 4.78 is 32.7. The topological polar surface area (TPSA) is 177 Å². The van der Waals surface area contributed by atoms with Crippen molar-refractivity contribution in [3.8, 4) is 11.6 Å². The molecule has 0 fully saturated rings. The summed E-state index contributed by atoms with van der Waals surface area (Å²) in [7, 11) is 0. The summed E-state index contributed by atoms with van der Waals surface area (Å²) in [5, 5.41) is 0. The molecule has 5 rings (SSSR count). The summed E-state index contributed by atoms with van der Waals surface area (Å²) in [6, 6.07) is 29.8. The van der Waals surface area contributed by atoms with Crippen LogP contribution in [-0.4, -0.2) is 103 Å². The second-order valence-corrected chi connectivity index (χ2v) is 14.0. The lowest BCUT2D eigenvalue weighted by atomic mass is 10.1. The number of esters is 4. The predicted octanol–water partition coefficient (Wildman–Crippen LogP) is 7.34. The maximum atomic E-state index is 13.5. The minimum Gasteiger partial charge on any atom is -0.460 e. The Balaban J connectivity index is 1.22. The predicted molar refractivity (Wildman–Crippen MR) is 225 cm³/mol. The van der Waals surface area contributed by atoms with Gasteiger partial charge in [0.15, 0.2) is 0 Å². The molecule has 62 heavy (non-hydrogen) atoms. The van der Waals surface area contributed by atoms with Crippen molar-refractivity contribution >= 4 is 36.1 Å². The zero-order valence-electron chi connectivity index (χ0n) is 34.9. The van der Waals surface area contributed by atoms with Crippen molar-refractivity contribution in [3.05, 3.63) is 160 Å². The molecule has 0 bridgehead atoms. The van der Waals surface area contributed by atoms with Gasteiger partial charge in [-0.1, -0.05) is 70.8 Å². The van der Waals surface area contributed by atoms with Crippen molar-refractivity contribution in [3.63, 3.8) is 0 Å². The van der Waals surface area contributed by atoms with Crippen LogP contribution in [0.2, 0.25) is 0 Å². The molecule has 1 heterocycles. The van der Waals surface area contributed by atoms with Crippen LogP contribution in [0.4, 0.5) is 9.59 Å². The van der Waals surface area contributed by atoms with E-state index in [0.29, 0.717) is 22.3 Å². The van der Waals surface area contributed by atoms with Crippen LogP contribution in [0.3, 0.4) is 0 Å². The molecule has 5 aromatic rings. The van der Waals surface area contributed by atoms with Crippen molar-refractivity contribution in [2.75, 3.05) is 52.6 Å². The van der Waals surface area contributed by atoms with Gasteiger partial charge in [-0.3, -0.25) is 0 Å². The number of aryl methyl sites for hydroxylation is 4. The fourth-order valence-electron chi connectivity index (χ4n) is 5.50. The van der Waals surface area contributed by atoms with E-state index in [1.165, 1.54) is 28.1 Å². The van der Waals surface area contributed by atoms with E-state index in [0.717, 1.165) is 22.3 Å². The highest BCUT2D eigenvalue weighted by Crippen LogP contribution is 2.19. The van der Waals surface area contributed by atoms with Crippen LogP contribution in [0.25, 0.3) is 0 Å². The van der Waals surface area contributed by atoms with Gasteiger partial charge in [-0.15, -0.1) is 0 Å². The SMILES string of the molecule is Cc1ccc(C(=O)OCCN(CCOC(=O)c2ccc(C)cc2)C(=O)Oc2ccnc(OC(=O)N(CCOC(=O)c3ccc(C)cc3)CCOC(=O)c3ccc(C)cc3)c2)cc1. The molecule has 15 heteroatoms. The van der Waals surface area contributed by atoms with Crippen LogP contribution in [0.5, 0.6) is 11.6 Å². The van der Waals surface area contributed by atoms with E-state index in [9.17, 15) is 28.8 Å². The smallest absolute Gasteiger partial charge is 0.416 e. The zero-order chi connectivity index (χ0) is 44.4. The molecule has 2 amide bonds. The van der Waals surface area contributed by atoms with Gasteiger partial charge in [-0.05, 0) is 82.3 Å². The molecule has 0 aliphatic carbocycles. The first-order valence-electron chi connectivity index (χ1n) is 19.7. The molecule has 1 aromatic heterocycles. The molecule has 0 aliphatic heterocycles. The van der Waals surface area contributed by atoms with Gasteiger partial charge in [0.25, 0.3) is 0 Å². The van der Waals surface area contributed by atoms with E-state index in [2.05, 4.69) is 4.98 Å². The van der Waals surface area contributed by atoms with Crippen LogP contribution < -0.4 is 9.47 Å². The maximum absolute atomic E-state index is 13.5. The number of pyridine rings is 1. The third-order valence-corrected chi connectivity index (χ3v) is 9.15. The van der Waals surface area contributed by atoms with Crippen LogP contribution >= 0.6 is 0 Å². The highest BCUT2D eigenvalue weighted by Gasteiger charge is 2.22. The number of aromatic nitrogens is 1. The number of hydrogen-bond acceptors (Lipinski definition) is 13. The molecule has 0 saturated carbocycles. The van der Waals surface area contributed by atoms with Gasteiger partial charge in [0.05, 0.1) is 48.4 Å². The Hall–Kier alpha value is -7.55. The molecule has 0 unspecified atom stereocenters. The molecular formula is C47H47N3O12. The van der Waals surface area contributed by atoms with Crippen LogP contribution in [0.15, 0.2) is 115 Å². The van der Waals surface area contributed by atoms with Crippen molar-refractivity contribution in [2.24, 2.45) is 0 Å². The molecule has 15 nitrogen and oxygen atoms in total. The molecule has 0 radical (unpaired) electrons. The molecule has 4 aromatic carbocycles. The standard InChI is InChI=1S/C47H47N3O12/c1-32-5-13-36(14-6-32)42(51)57-27-23-49(24-28-58-43(52)37-15-7-33(2)8-16-37)46(55)61-40-21-22-48-41(31-40)62-47(56)50(25-29-59-44(53)38-17-9-34(3)10-18-38)26-30-60-45(54)39-19-11-35(4)12-20-39/h5-22,31H,23-30H2,1-4H3. The highest BCUT2D eigenvalue weighted by atomic mass is 16.6. The number of amides is 2. The largest absolute Gasteiger partial charge is 0.460 e. The molecular weight excluding hydrogens is 799 g/mol. The van der Waals surface area contributed by atoms with Crippen molar-refractivity contribution < 1.29 is 57.2 Å². The number of ether oxygens (including phenoxy) is 6. The summed E-state index contributed by atoms with van der Waals surface area (Å²) >= 11 is 0. The summed E-state index contributed by atoms with van der Waals surface area (Å²) in [6.07, 6.45) is -0.566. The third kappa shape index (κ3) is 14.3. The summed E-state index contributed by atoms with van der Waals surface area (Å²) in [4.78, 5) is 84.0. The molecule has 0 atom stereocenters. The Labute approximate surface area is 359 Å². The Bertz CT molecular complexity index is 2030. The first kappa shape index (κ1) is 45.5. The maximum Gasteiger partial charge on any atom is 0.416 e. The summed E-state index contributed by atoms with van der Waals surface area (Å²) in [6.45, 7) is 6.20. The van der Waals surface area contributed by atoms with Gasteiger partial charge >= 0.3 is 36.1 Å². The van der Waals surface area contributed by atoms with Crippen LogP contribution in [0, 0.1) is 27.7 Å². The van der Waals surface area contributed by atoms with E-state index < -0.39 is 36.1 Å². The first-order valence-corrected chi connectivity index (χ1v) is 19.7. The molecule has 322 valence electrons. The van der Waals surface area contributed by atoms with Gasteiger partial charge in [0.2, 0.25) is 5.88 Å². The second-order valence-electron chi connectivity index (χ2n) is 14.0. The average molecular weight is 846 g/mol. The quantitative estimate of drug-likeness (QED) is 0.0633. The molecule has 0 saturated heterocycles. The lowest BCUT2D eigenvalue weighted by Gasteiger charge is -2.22. The van der Waals surface area contributed by atoms with Crippen LogP contribution in [-0.2, 0) is 18.9 Å². The van der Waals surface area contributed by atoms with E-state index in [1.807, 2.05) is 27.7 Å². The average Bonchev–Trinajstić information content (AvgIpc) is 3.26. The Morgan fingerprint density at radius 3 is 1.02 bits per heavy atom. The number of carbonyl (C=O) groups excluding carboxylic acids is 6. The van der Waals surface area contributed by atoms with E-state index in [1.54, 1.807) is 97.1 Å². The minimum atomic E-state index is -0.925. The first-order chi connectivity index (χ1) is 29.8. The van der Waals surface area contributed by atoms with E-state index in [4.69, 9.17) is 28.4 Å². The van der Waals surface area contributed by atoms with Gasteiger partial charge in [0, 0.05) is 12.3 Å². The molecule has 0 spiro atoms. The van der Waals surface area contributed by atoms with Gasteiger partial charge in [-0.2, -0.15) is 0 Å². The lowest BCUT2D eigenvalue weighted by molar-refractivity contribution is 0.0388. The second kappa shape index (κ2) is 22.7. The monoisotopic (exact) mass is 845 g/mol. The fraction of sp³-hybridized carbons (Fsp3) is 0.255. The Morgan fingerprint density at radius 2 is 0.710 bits per heavy atom. The number of rotatable bonds is 18. The lowest BCUT2D eigenvalue weighted by Crippen LogP contribution is -2.39. The van der Waals surface area contributed by atoms with Crippen molar-refractivity contribution in [1.29, 1.82) is 0 Å². The minimum absolute atomic E-state index is 0.0586.